The summed E-state index contributed by atoms with van der Waals surface area (Å²) in [5, 5.41) is 11.4. The van der Waals surface area contributed by atoms with Crippen molar-refractivity contribution in [1.29, 1.82) is 5.26 Å². The number of carbonyl (C=O) groups is 1. The number of nitrogens with one attached hydrogen (secondary N) is 1. The molecule has 5 heteroatoms. The Morgan fingerprint density at radius 1 is 1.29 bits per heavy atom. The summed E-state index contributed by atoms with van der Waals surface area (Å²) in [4.78, 5) is 12.3. The lowest BCUT2D eigenvalue weighted by molar-refractivity contribution is 0.102. The molecular formula is C16H15N3O2. The molecule has 0 aliphatic carbocycles. The van der Waals surface area contributed by atoms with Crippen molar-refractivity contribution in [3.63, 3.8) is 0 Å². The zero-order valence-electron chi connectivity index (χ0n) is 11.6. The van der Waals surface area contributed by atoms with Crippen LogP contribution in [-0.2, 0) is 6.42 Å². The molecular weight excluding hydrogens is 266 g/mol. The highest BCUT2D eigenvalue weighted by Crippen LogP contribution is 2.26. The minimum atomic E-state index is -0.299. The number of benzene rings is 2. The fourth-order valence-corrected chi connectivity index (χ4v) is 1.96. The van der Waals surface area contributed by atoms with Crippen molar-refractivity contribution in [3.8, 4) is 11.8 Å². The number of carbonyl (C=O) groups excluding carboxylic acids is 1. The molecule has 1 amide bonds. The van der Waals surface area contributed by atoms with E-state index in [1.165, 1.54) is 7.11 Å². The van der Waals surface area contributed by atoms with Crippen LogP contribution < -0.4 is 15.8 Å². The lowest BCUT2D eigenvalue weighted by Crippen LogP contribution is -2.14. The molecule has 106 valence electrons. The van der Waals surface area contributed by atoms with E-state index in [0.717, 1.165) is 5.56 Å². The van der Waals surface area contributed by atoms with Gasteiger partial charge in [0.05, 0.1) is 30.9 Å². The third kappa shape index (κ3) is 3.31. The summed E-state index contributed by atoms with van der Waals surface area (Å²) in [5.74, 6) is 0.0586. The molecule has 0 fully saturated rings. The number of methoxy groups -OCH3 is 1. The molecule has 0 unspecified atom stereocenters. The van der Waals surface area contributed by atoms with Crippen LogP contribution in [0.4, 0.5) is 11.4 Å². The van der Waals surface area contributed by atoms with E-state index in [1.807, 2.05) is 0 Å². The molecule has 2 rings (SSSR count). The highest BCUT2D eigenvalue weighted by atomic mass is 16.5. The summed E-state index contributed by atoms with van der Waals surface area (Å²) in [6.45, 7) is 0. The van der Waals surface area contributed by atoms with Gasteiger partial charge in [0.2, 0.25) is 0 Å². The van der Waals surface area contributed by atoms with Crippen molar-refractivity contribution in [2.24, 2.45) is 0 Å². The Labute approximate surface area is 123 Å². The Balaban J connectivity index is 2.18. The van der Waals surface area contributed by atoms with Gasteiger partial charge in [-0.1, -0.05) is 18.2 Å². The van der Waals surface area contributed by atoms with Gasteiger partial charge in [-0.05, 0) is 29.8 Å². The predicted octanol–water partition coefficient (Wildman–Crippen LogP) is 2.60. The van der Waals surface area contributed by atoms with Crippen LogP contribution in [0, 0.1) is 11.3 Å². The highest BCUT2D eigenvalue weighted by Gasteiger charge is 2.14. The third-order valence-corrected chi connectivity index (χ3v) is 2.99. The minimum Gasteiger partial charge on any atom is -0.494 e. The SMILES string of the molecule is COc1c(N)cccc1C(=O)Nc1ccc(CC#N)cc1. The topological polar surface area (TPSA) is 88.1 Å². The lowest BCUT2D eigenvalue weighted by atomic mass is 10.1. The maximum absolute atomic E-state index is 12.3. The number of hydrogen-bond acceptors (Lipinski definition) is 4. The maximum Gasteiger partial charge on any atom is 0.259 e. The number of nitriles is 1. The second-order valence-corrected chi connectivity index (χ2v) is 4.41. The zero-order valence-corrected chi connectivity index (χ0v) is 11.6. The van der Waals surface area contributed by atoms with Gasteiger partial charge >= 0.3 is 0 Å². The fraction of sp³-hybridized carbons (Fsp3) is 0.125. The summed E-state index contributed by atoms with van der Waals surface area (Å²) >= 11 is 0. The van der Waals surface area contributed by atoms with Crippen molar-refractivity contribution >= 4 is 17.3 Å². The summed E-state index contributed by atoms with van der Waals surface area (Å²) in [5.41, 5.74) is 8.11. The Hall–Kier alpha value is -3.00. The van der Waals surface area contributed by atoms with E-state index in [-0.39, 0.29) is 5.91 Å². The predicted molar refractivity (Wildman–Crippen MR) is 81.1 cm³/mol. The first-order chi connectivity index (χ1) is 10.2. The quantitative estimate of drug-likeness (QED) is 0.843. The molecule has 0 atom stereocenters. The molecule has 0 aliphatic heterocycles. The average molecular weight is 281 g/mol. The van der Waals surface area contributed by atoms with Gasteiger partial charge in [0.25, 0.3) is 5.91 Å². The van der Waals surface area contributed by atoms with Crippen LogP contribution in [0.5, 0.6) is 5.75 Å². The zero-order chi connectivity index (χ0) is 15.2. The van der Waals surface area contributed by atoms with E-state index in [9.17, 15) is 4.79 Å². The minimum absolute atomic E-state index is 0.299. The molecule has 0 saturated carbocycles. The van der Waals surface area contributed by atoms with Gasteiger partial charge in [0, 0.05) is 5.69 Å². The van der Waals surface area contributed by atoms with Crippen LogP contribution >= 0.6 is 0 Å². The summed E-state index contributed by atoms with van der Waals surface area (Å²) < 4.78 is 5.16. The Morgan fingerprint density at radius 3 is 2.62 bits per heavy atom. The van der Waals surface area contributed by atoms with Crippen molar-refractivity contribution in [3.05, 3.63) is 53.6 Å². The van der Waals surface area contributed by atoms with Crippen LogP contribution in [0.3, 0.4) is 0 Å². The average Bonchev–Trinajstić information content (AvgIpc) is 2.49. The van der Waals surface area contributed by atoms with Crippen LogP contribution in [0.15, 0.2) is 42.5 Å². The molecule has 2 aromatic rings. The molecule has 0 aliphatic rings. The molecule has 0 radical (unpaired) electrons. The van der Waals surface area contributed by atoms with E-state index >= 15 is 0 Å². The summed E-state index contributed by atoms with van der Waals surface area (Å²) in [7, 11) is 1.47. The van der Waals surface area contributed by atoms with Crippen LogP contribution in [0.1, 0.15) is 15.9 Å². The number of para-hydroxylation sites is 1. The number of ether oxygens (including phenoxy) is 1. The molecule has 5 nitrogen and oxygen atoms in total. The second-order valence-electron chi connectivity index (χ2n) is 4.41. The first kappa shape index (κ1) is 14.4. The molecule has 0 saturated heterocycles. The molecule has 2 aromatic carbocycles. The van der Waals surface area contributed by atoms with E-state index in [0.29, 0.717) is 29.1 Å². The van der Waals surface area contributed by atoms with E-state index in [1.54, 1.807) is 42.5 Å². The highest BCUT2D eigenvalue weighted by molar-refractivity contribution is 6.07. The first-order valence-corrected chi connectivity index (χ1v) is 6.35. The smallest absolute Gasteiger partial charge is 0.259 e. The van der Waals surface area contributed by atoms with Gasteiger partial charge < -0.3 is 15.8 Å². The second kappa shape index (κ2) is 6.44. The maximum atomic E-state index is 12.3. The number of amides is 1. The van der Waals surface area contributed by atoms with E-state index in [2.05, 4.69) is 11.4 Å². The van der Waals surface area contributed by atoms with E-state index < -0.39 is 0 Å². The largest absolute Gasteiger partial charge is 0.494 e. The fourth-order valence-electron chi connectivity index (χ4n) is 1.96. The van der Waals surface area contributed by atoms with Crippen molar-refractivity contribution in [2.45, 2.75) is 6.42 Å². The number of nitrogens with two attached hydrogens (primary N) is 1. The first-order valence-electron chi connectivity index (χ1n) is 6.35. The van der Waals surface area contributed by atoms with Gasteiger partial charge in [-0.3, -0.25) is 4.79 Å². The van der Waals surface area contributed by atoms with Crippen LogP contribution in [0.2, 0.25) is 0 Å². The van der Waals surface area contributed by atoms with Gasteiger partial charge in [-0.25, -0.2) is 0 Å². The van der Waals surface area contributed by atoms with Gasteiger partial charge in [0.15, 0.2) is 5.75 Å². The lowest BCUT2D eigenvalue weighted by Gasteiger charge is -2.11. The third-order valence-electron chi connectivity index (χ3n) is 2.99. The van der Waals surface area contributed by atoms with Crippen LogP contribution in [0.25, 0.3) is 0 Å². The molecule has 3 N–H and O–H groups in total. The van der Waals surface area contributed by atoms with Crippen molar-refractivity contribution < 1.29 is 9.53 Å². The van der Waals surface area contributed by atoms with E-state index in [4.69, 9.17) is 15.7 Å². The summed E-state index contributed by atoms with van der Waals surface area (Å²) in [6.07, 6.45) is 0.345. The monoisotopic (exact) mass is 281 g/mol. The normalized spacial score (nSPS) is 9.71. The van der Waals surface area contributed by atoms with Crippen LogP contribution in [-0.4, -0.2) is 13.0 Å². The molecule has 0 bridgehead atoms. The Bertz CT molecular complexity index is 688. The Morgan fingerprint density at radius 2 is 2.00 bits per heavy atom. The standard InChI is InChI=1S/C16H15N3O2/c1-21-15-13(3-2-4-14(15)18)16(20)19-12-7-5-11(6-8-12)9-10-17/h2-8H,9,18H2,1H3,(H,19,20). The molecule has 21 heavy (non-hydrogen) atoms. The molecule has 0 heterocycles. The van der Waals surface area contributed by atoms with Crippen molar-refractivity contribution in [1.82, 2.24) is 0 Å². The number of nitrogen functional groups attached to an aromatic ring is 1. The number of hydrogen-bond donors (Lipinski definition) is 2. The van der Waals surface area contributed by atoms with Crippen molar-refractivity contribution in [2.75, 3.05) is 18.2 Å². The number of anilines is 2. The number of rotatable bonds is 4. The van der Waals surface area contributed by atoms with Gasteiger partial charge in [-0.15, -0.1) is 0 Å². The molecule has 0 aromatic heterocycles. The Kier molecular flexibility index (Phi) is 4.42. The molecule has 0 spiro atoms. The number of nitrogens with zero attached hydrogens (tertiary/aromatic N) is 1. The van der Waals surface area contributed by atoms with Gasteiger partial charge in [-0.2, -0.15) is 5.26 Å². The van der Waals surface area contributed by atoms with Gasteiger partial charge in [0.1, 0.15) is 0 Å². The summed E-state index contributed by atoms with van der Waals surface area (Å²) in [6, 6.07) is 14.2.